The van der Waals surface area contributed by atoms with Gasteiger partial charge in [-0.15, -0.1) is 0 Å². The van der Waals surface area contributed by atoms with Crippen molar-refractivity contribution in [1.29, 1.82) is 0 Å². The van der Waals surface area contributed by atoms with E-state index in [1.165, 1.54) is 25.6 Å². The number of piperidine rings is 1. The van der Waals surface area contributed by atoms with Crippen molar-refractivity contribution < 1.29 is 4.79 Å². The summed E-state index contributed by atoms with van der Waals surface area (Å²) < 4.78 is 0. The third kappa shape index (κ3) is 3.26. The summed E-state index contributed by atoms with van der Waals surface area (Å²) in [6, 6.07) is 0.470. The molecule has 1 unspecified atom stereocenters. The van der Waals surface area contributed by atoms with E-state index in [9.17, 15) is 4.79 Å². The van der Waals surface area contributed by atoms with Crippen molar-refractivity contribution in [2.75, 3.05) is 19.6 Å². The molecule has 1 fully saturated rings. The lowest BCUT2D eigenvalue weighted by Gasteiger charge is -2.34. The largest absolute Gasteiger partial charge is 0.350 e. The summed E-state index contributed by atoms with van der Waals surface area (Å²) in [6.45, 7) is 5.08. The Labute approximate surface area is 108 Å². The highest BCUT2D eigenvalue weighted by atomic mass is 16.1. The minimum absolute atomic E-state index is 0.0859. The van der Waals surface area contributed by atoms with Gasteiger partial charge in [-0.05, 0) is 25.9 Å². The van der Waals surface area contributed by atoms with E-state index in [1.54, 1.807) is 12.4 Å². The maximum absolute atomic E-state index is 11.9. The predicted octanol–water partition coefficient (Wildman–Crippen LogP) is 1.08. The summed E-state index contributed by atoms with van der Waals surface area (Å²) in [4.78, 5) is 22.0. The highest BCUT2D eigenvalue weighted by molar-refractivity contribution is 5.93. The molecule has 0 bridgehead atoms. The molecule has 1 saturated heterocycles. The first-order valence-corrected chi connectivity index (χ1v) is 6.58. The van der Waals surface area contributed by atoms with E-state index >= 15 is 0 Å². The molecule has 0 spiro atoms. The van der Waals surface area contributed by atoms with Crippen LogP contribution >= 0.6 is 0 Å². The molecule has 0 aliphatic carbocycles. The Balaban J connectivity index is 1.85. The van der Waals surface area contributed by atoms with Gasteiger partial charge in [-0.1, -0.05) is 13.3 Å². The van der Waals surface area contributed by atoms with Crippen LogP contribution in [0.4, 0.5) is 0 Å². The molecule has 2 heterocycles. The lowest BCUT2D eigenvalue weighted by molar-refractivity contribution is 0.0917. The average Bonchev–Trinajstić information content (AvgIpc) is 2.46. The summed E-state index contributed by atoms with van der Waals surface area (Å²) >= 11 is 0. The number of hydrogen-bond donors (Lipinski definition) is 1. The normalized spacial score (nSPS) is 20.6. The van der Waals surface area contributed by atoms with Gasteiger partial charge in [-0.2, -0.15) is 0 Å². The molecule has 1 atom stereocenters. The van der Waals surface area contributed by atoms with Crippen LogP contribution in [-0.2, 0) is 0 Å². The SMILES string of the molecule is CCN1CCCCC1CNC(=O)c1cncnc1. The number of carbonyl (C=O) groups excluding carboxylic acids is 1. The summed E-state index contributed by atoms with van der Waals surface area (Å²) in [5, 5.41) is 2.97. The van der Waals surface area contributed by atoms with Gasteiger partial charge in [0.15, 0.2) is 0 Å². The number of carbonyl (C=O) groups is 1. The molecule has 1 aromatic heterocycles. The number of hydrogen-bond acceptors (Lipinski definition) is 4. The molecule has 1 amide bonds. The number of aromatic nitrogens is 2. The number of nitrogens with one attached hydrogen (secondary N) is 1. The van der Waals surface area contributed by atoms with E-state index in [2.05, 4.69) is 27.1 Å². The fourth-order valence-corrected chi connectivity index (χ4v) is 2.44. The smallest absolute Gasteiger partial charge is 0.254 e. The fourth-order valence-electron chi connectivity index (χ4n) is 2.44. The summed E-state index contributed by atoms with van der Waals surface area (Å²) in [6.07, 6.45) is 8.20. The Hall–Kier alpha value is -1.49. The molecule has 0 aromatic carbocycles. The van der Waals surface area contributed by atoms with Crippen LogP contribution < -0.4 is 5.32 Å². The summed E-state index contributed by atoms with van der Waals surface area (Å²) in [7, 11) is 0. The first-order valence-electron chi connectivity index (χ1n) is 6.58. The molecule has 0 saturated carbocycles. The van der Waals surface area contributed by atoms with Crippen molar-refractivity contribution in [2.45, 2.75) is 32.2 Å². The van der Waals surface area contributed by atoms with Crippen LogP contribution in [0.15, 0.2) is 18.7 Å². The average molecular weight is 248 g/mol. The second kappa shape index (κ2) is 6.44. The van der Waals surface area contributed by atoms with E-state index in [-0.39, 0.29) is 5.91 Å². The number of nitrogens with zero attached hydrogens (tertiary/aromatic N) is 3. The van der Waals surface area contributed by atoms with Gasteiger partial charge in [-0.25, -0.2) is 9.97 Å². The van der Waals surface area contributed by atoms with Crippen LogP contribution in [0.2, 0.25) is 0 Å². The van der Waals surface area contributed by atoms with Gasteiger partial charge in [0, 0.05) is 25.0 Å². The second-order valence-corrected chi connectivity index (χ2v) is 4.62. The standard InChI is InChI=1S/C13H20N4O/c1-2-17-6-4-3-5-12(17)9-16-13(18)11-7-14-10-15-8-11/h7-8,10,12H,2-6,9H2,1H3,(H,16,18). The van der Waals surface area contributed by atoms with Crippen LogP contribution in [0.1, 0.15) is 36.5 Å². The van der Waals surface area contributed by atoms with Crippen LogP contribution in [0, 0.1) is 0 Å². The highest BCUT2D eigenvalue weighted by Crippen LogP contribution is 2.15. The molecule has 0 radical (unpaired) electrons. The Morgan fingerprint density at radius 1 is 1.44 bits per heavy atom. The van der Waals surface area contributed by atoms with Gasteiger partial charge in [0.25, 0.3) is 5.91 Å². The molecule has 1 aliphatic rings. The summed E-state index contributed by atoms with van der Waals surface area (Å²) in [5.41, 5.74) is 0.524. The molecule has 2 rings (SSSR count). The zero-order valence-electron chi connectivity index (χ0n) is 10.8. The molecular formula is C13H20N4O. The predicted molar refractivity (Wildman–Crippen MR) is 69.3 cm³/mol. The number of amides is 1. The number of likely N-dealkylation sites (N-methyl/N-ethyl adjacent to an activating group) is 1. The molecule has 18 heavy (non-hydrogen) atoms. The van der Waals surface area contributed by atoms with Gasteiger partial charge in [0.1, 0.15) is 6.33 Å². The van der Waals surface area contributed by atoms with Crippen molar-refractivity contribution in [3.8, 4) is 0 Å². The minimum atomic E-state index is -0.0859. The molecule has 1 N–H and O–H groups in total. The van der Waals surface area contributed by atoms with Gasteiger partial charge in [0.05, 0.1) is 5.56 Å². The molecule has 1 aliphatic heterocycles. The van der Waals surface area contributed by atoms with Crippen LogP contribution in [-0.4, -0.2) is 46.5 Å². The maximum atomic E-state index is 11.9. The molecule has 98 valence electrons. The van der Waals surface area contributed by atoms with Crippen LogP contribution in [0.25, 0.3) is 0 Å². The quantitative estimate of drug-likeness (QED) is 0.866. The van der Waals surface area contributed by atoms with E-state index in [4.69, 9.17) is 0 Å². The Morgan fingerprint density at radius 2 is 2.22 bits per heavy atom. The Morgan fingerprint density at radius 3 is 2.94 bits per heavy atom. The van der Waals surface area contributed by atoms with Gasteiger partial charge < -0.3 is 5.32 Å². The zero-order chi connectivity index (χ0) is 12.8. The van der Waals surface area contributed by atoms with Crippen LogP contribution in [0.3, 0.4) is 0 Å². The zero-order valence-corrected chi connectivity index (χ0v) is 10.8. The van der Waals surface area contributed by atoms with E-state index in [0.717, 1.165) is 13.1 Å². The molecule has 5 nitrogen and oxygen atoms in total. The summed E-state index contributed by atoms with van der Waals surface area (Å²) in [5.74, 6) is -0.0859. The Bertz CT molecular complexity index is 382. The van der Waals surface area contributed by atoms with E-state index in [1.807, 2.05) is 0 Å². The van der Waals surface area contributed by atoms with Gasteiger partial charge in [-0.3, -0.25) is 9.69 Å². The number of rotatable bonds is 4. The monoisotopic (exact) mass is 248 g/mol. The lowest BCUT2D eigenvalue weighted by atomic mass is 10.0. The molecular weight excluding hydrogens is 228 g/mol. The topological polar surface area (TPSA) is 58.1 Å². The van der Waals surface area contributed by atoms with Crippen molar-refractivity contribution in [3.63, 3.8) is 0 Å². The Kier molecular flexibility index (Phi) is 4.64. The van der Waals surface area contributed by atoms with Gasteiger partial charge in [0.2, 0.25) is 0 Å². The minimum Gasteiger partial charge on any atom is -0.350 e. The van der Waals surface area contributed by atoms with E-state index < -0.39 is 0 Å². The first-order chi connectivity index (χ1) is 8.81. The van der Waals surface area contributed by atoms with Crippen molar-refractivity contribution in [1.82, 2.24) is 20.2 Å². The lowest BCUT2D eigenvalue weighted by Crippen LogP contribution is -2.46. The van der Waals surface area contributed by atoms with Gasteiger partial charge >= 0.3 is 0 Å². The highest BCUT2D eigenvalue weighted by Gasteiger charge is 2.21. The van der Waals surface area contributed by atoms with Crippen molar-refractivity contribution in [2.24, 2.45) is 0 Å². The van der Waals surface area contributed by atoms with E-state index in [0.29, 0.717) is 18.2 Å². The third-order valence-electron chi connectivity index (χ3n) is 3.48. The van der Waals surface area contributed by atoms with Crippen LogP contribution in [0.5, 0.6) is 0 Å². The third-order valence-corrected chi connectivity index (χ3v) is 3.48. The second-order valence-electron chi connectivity index (χ2n) is 4.62. The number of likely N-dealkylation sites (tertiary alicyclic amines) is 1. The molecule has 5 heteroatoms. The fraction of sp³-hybridized carbons (Fsp3) is 0.615. The maximum Gasteiger partial charge on any atom is 0.254 e. The van der Waals surface area contributed by atoms with Crippen molar-refractivity contribution >= 4 is 5.91 Å². The molecule has 1 aromatic rings. The van der Waals surface area contributed by atoms with Crippen molar-refractivity contribution in [3.05, 3.63) is 24.3 Å². The first kappa shape index (κ1) is 13.0.